The second-order valence-electron chi connectivity index (χ2n) is 8.65. The zero-order valence-electron chi connectivity index (χ0n) is 23.4. The van der Waals surface area contributed by atoms with Crippen molar-refractivity contribution in [1.82, 2.24) is 10.6 Å². The fraction of sp³-hybridized carbons (Fsp3) is 0.448. The molecule has 1 atom stereocenters. The van der Waals surface area contributed by atoms with Crippen molar-refractivity contribution in [2.24, 2.45) is 5.73 Å². The molecule has 0 saturated heterocycles. The largest absolute Gasteiger partial charge is 0.353 e. The van der Waals surface area contributed by atoms with E-state index < -0.39 is 0 Å². The first-order valence-corrected chi connectivity index (χ1v) is 15.1. The number of halogens is 2. The van der Waals surface area contributed by atoms with Crippen LogP contribution in [0.4, 0.5) is 21.0 Å². The van der Waals surface area contributed by atoms with Crippen LogP contribution in [0, 0.1) is 0 Å². The van der Waals surface area contributed by atoms with Crippen molar-refractivity contribution in [3.63, 3.8) is 0 Å². The summed E-state index contributed by atoms with van der Waals surface area (Å²) in [7, 11) is 0. The molecular weight excluding hydrogens is 642 g/mol. The highest BCUT2D eigenvalue weighted by Gasteiger charge is 2.08. The summed E-state index contributed by atoms with van der Waals surface area (Å²) >= 11 is 6.69. The van der Waals surface area contributed by atoms with Crippen LogP contribution in [0.25, 0.3) is 0 Å². The number of anilines is 2. The van der Waals surface area contributed by atoms with Gasteiger partial charge in [-0.2, -0.15) is 0 Å². The zero-order valence-corrected chi connectivity index (χ0v) is 26.6. The second kappa shape index (κ2) is 22.3. The van der Waals surface area contributed by atoms with E-state index in [9.17, 15) is 9.59 Å². The summed E-state index contributed by atoms with van der Waals surface area (Å²) in [5.41, 5.74) is 7.24. The number of hydrogen-bond donors (Lipinski definition) is 5. The Morgan fingerprint density at radius 2 is 1.25 bits per heavy atom. The lowest BCUT2D eigenvalue weighted by Gasteiger charge is -2.16. The fourth-order valence-electron chi connectivity index (χ4n) is 3.30. The molecule has 2 rings (SSSR count). The Bertz CT molecular complexity index is 971. The van der Waals surface area contributed by atoms with Crippen molar-refractivity contribution in [3.05, 3.63) is 70.1 Å². The van der Waals surface area contributed by atoms with E-state index in [4.69, 9.17) is 15.2 Å². The van der Waals surface area contributed by atoms with E-state index in [0.29, 0.717) is 26.3 Å². The smallest absolute Gasteiger partial charge is 0.319 e. The van der Waals surface area contributed by atoms with Crippen LogP contribution in [-0.4, -0.2) is 50.7 Å². The van der Waals surface area contributed by atoms with Crippen LogP contribution in [0.5, 0.6) is 0 Å². The van der Waals surface area contributed by atoms with Gasteiger partial charge in [0.25, 0.3) is 0 Å². The summed E-state index contributed by atoms with van der Waals surface area (Å²) in [6.45, 7) is 10.00. The summed E-state index contributed by atoms with van der Waals surface area (Å²) < 4.78 is 12.8. The van der Waals surface area contributed by atoms with Gasteiger partial charge in [-0.25, -0.2) is 9.59 Å². The molecule has 4 amide bonds. The Kier molecular flexibility index (Phi) is 19.8. The van der Waals surface area contributed by atoms with Gasteiger partial charge in [-0.1, -0.05) is 37.9 Å². The number of nitrogens with two attached hydrogens (primary N) is 1. The highest BCUT2D eigenvalue weighted by Crippen LogP contribution is 2.14. The van der Waals surface area contributed by atoms with E-state index >= 15 is 0 Å². The number of unbranched alkanes of at least 4 members (excludes halogenated alkanes) is 1. The number of amides is 4. The van der Waals surface area contributed by atoms with Crippen LogP contribution in [0.3, 0.4) is 0 Å². The van der Waals surface area contributed by atoms with Crippen LogP contribution >= 0.6 is 31.9 Å². The molecule has 0 saturated carbocycles. The Hall–Kier alpha value is -2.44. The topological polar surface area (TPSA) is 127 Å². The number of ether oxygens (including phenoxy) is 2. The quantitative estimate of drug-likeness (QED) is 0.0739. The lowest BCUT2D eigenvalue weighted by Crippen LogP contribution is -2.30. The molecule has 11 heteroatoms. The molecule has 2 aromatic carbocycles. The molecule has 222 valence electrons. The number of benzene rings is 2. The monoisotopic (exact) mass is 683 g/mol. The minimum absolute atomic E-state index is 0.0524. The maximum Gasteiger partial charge on any atom is 0.319 e. The van der Waals surface area contributed by atoms with Crippen molar-refractivity contribution in [1.29, 1.82) is 0 Å². The molecule has 2 aromatic rings. The predicted molar refractivity (Wildman–Crippen MR) is 171 cm³/mol. The molecule has 6 N–H and O–H groups in total. The van der Waals surface area contributed by atoms with Crippen molar-refractivity contribution < 1.29 is 19.1 Å². The third kappa shape index (κ3) is 18.0. The van der Waals surface area contributed by atoms with Gasteiger partial charge in [0.1, 0.15) is 0 Å². The summed E-state index contributed by atoms with van der Waals surface area (Å²) in [5, 5.41) is 11.2. The molecule has 0 heterocycles. The first kappa shape index (κ1) is 35.6. The van der Waals surface area contributed by atoms with Crippen LogP contribution in [0.1, 0.15) is 46.0 Å². The Balaban J connectivity index is 0.000000402. The molecule has 40 heavy (non-hydrogen) atoms. The first-order chi connectivity index (χ1) is 19.3. The molecule has 0 bridgehead atoms. The average molecular weight is 686 g/mol. The Labute approximate surface area is 255 Å². The fourth-order valence-corrected chi connectivity index (χ4v) is 3.83. The van der Waals surface area contributed by atoms with Crippen LogP contribution in [0.15, 0.2) is 70.1 Å². The number of carbonyl (C=O) groups is 2. The number of nitrogens with one attached hydrogen (secondary N) is 4. The van der Waals surface area contributed by atoms with Gasteiger partial charge in [-0.3, -0.25) is 0 Å². The van der Waals surface area contributed by atoms with Crippen LogP contribution in [-0.2, 0) is 9.47 Å². The lowest BCUT2D eigenvalue weighted by molar-refractivity contribution is -0.139. The van der Waals surface area contributed by atoms with E-state index in [1.54, 1.807) is 6.08 Å². The van der Waals surface area contributed by atoms with Crippen LogP contribution in [0.2, 0.25) is 0 Å². The summed E-state index contributed by atoms with van der Waals surface area (Å²) in [4.78, 5) is 23.3. The standard InChI is InChI=1S/C15H23BrN2O3.C14H20BrN3O/c1-3-20-14(21-4-2)6-5-11-17-15(19)18-13-9-7-12(16)8-10-13;1-2-12(16)5-3-4-10-17-14(19)18-13-8-6-11(15)7-9-13/h7-10,14H,3-6,11H2,1-2H3,(H2,17,18,19);2,6-9,12H,1,3-5,10,16H2,(H2,17,18,19). The first-order valence-electron chi connectivity index (χ1n) is 13.5. The predicted octanol–water partition coefficient (Wildman–Crippen LogP) is 7.00. The van der Waals surface area contributed by atoms with E-state index in [-0.39, 0.29) is 24.4 Å². The van der Waals surface area contributed by atoms with Crippen molar-refractivity contribution in [2.75, 3.05) is 36.9 Å². The van der Waals surface area contributed by atoms with Gasteiger partial charge >= 0.3 is 12.1 Å². The normalized spacial score (nSPS) is 11.2. The van der Waals surface area contributed by atoms with Crippen molar-refractivity contribution in [2.45, 2.75) is 58.3 Å². The van der Waals surface area contributed by atoms with E-state index in [1.807, 2.05) is 62.4 Å². The van der Waals surface area contributed by atoms with Gasteiger partial charge in [0.2, 0.25) is 0 Å². The molecular formula is C29H43Br2N5O4. The summed E-state index contributed by atoms with van der Waals surface area (Å²) in [6.07, 6.45) is 5.92. The third-order valence-corrected chi connectivity index (χ3v) is 6.42. The highest BCUT2D eigenvalue weighted by atomic mass is 79.9. The number of rotatable bonds is 16. The number of carbonyl (C=O) groups excluding carboxylic acids is 2. The van der Waals surface area contributed by atoms with Gasteiger partial charge in [-0.15, -0.1) is 6.58 Å². The van der Waals surface area contributed by atoms with Gasteiger partial charge in [0, 0.05) is 59.1 Å². The van der Waals surface area contributed by atoms with Gasteiger partial charge in [-0.05, 0) is 88.1 Å². The minimum Gasteiger partial charge on any atom is -0.353 e. The number of hydrogen-bond acceptors (Lipinski definition) is 5. The van der Waals surface area contributed by atoms with E-state index in [0.717, 1.165) is 52.4 Å². The molecule has 0 aromatic heterocycles. The van der Waals surface area contributed by atoms with Crippen LogP contribution < -0.4 is 27.0 Å². The van der Waals surface area contributed by atoms with E-state index in [2.05, 4.69) is 59.7 Å². The second-order valence-corrected chi connectivity index (χ2v) is 10.5. The Morgan fingerprint density at radius 1 is 0.800 bits per heavy atom. The maximum absolute atomic E-state index is 11.7. The van der Waals surface area contributed by atoms with Crippen molar-refractivity contribution in [3.8, 4) is 0 Å². The van der Waals surface area contributed by atoms with Gasteiger partial charge in [0.05, 0.1) is 0 Å². The minimum atomic E-state index is -0.207. The number of urea groups is 2. The lowest BCUT2D eigenvalue weighted by atomic mass is 10.1. The Morgan fingerprint density at radius 3 is 1.68 bits per heavy atom. The average Bonchev–Trinajstić information content (AvgIpc) is 2.94. The molecule has 0 fully saturated rings. The molecule has 0 radical (unpaired) electrons. The molecule has 0 aliphatic carbocycles. The van der Waals surface area contributed by atoms with E-state index in [1.165, 1.54) is 0 Å². The summed E-state index contributed by atoms with van der Waals surface area (Å²) in [6, 6.07) is 14.5. The molecule has 0 spiro atoms. The summed E-state index contributed by atoms with van der Waals surface area (Å²) in [5.74, 6) is 0. The molecule has 9 nitrogen and oxygen atoms in total. The maximum atomic E-state index is 11.7. The molecule has 0 aliphatic rings. The van der Waals surface area contributed by atoms with Gasteiger partial charge < -0.3 is 36.5 Å². The zero-order chi connectivity index (χ0) is 29.6. The SMILES string of the molecule is C=CC(N)CCCCNC(=O)Nc1ccc(Br)cc1.CCOC(CCCNC(=O)Nc1ccc(Br)cc1)OCC. The molecule has 0 aliphatic heterocycles. The van der Waals surface area contributed by atoms with Crippen molar-refractivity contribution >= 4 is 55.3 Å². The third-order valence-electron chi connectivity index (χ3n) is 5.36. The molecule has 1 unspecified atom stereocenters. The van der Waals surface area contributed by atoms with Gasteiger partial charge in [0.15, 0.2) is 6.29 Å². The highest BCUT2D eigenvalue weighted by molar-refractivity contribution is 9.10.